The minimum Gasteiger partial charge on any atom is -0.384 e. The van der Waals surface area contributed by atoms with Gasteiger partial charge in [-0.2, -0.15) is 4.98 Å². The van der Waals surface area contributed by atoms with Crippen molar-refractivity contribution in [2.45, 2.75) is 26.8 Å². The molecule has 15 heavy (non-hydrogen) atoms. The van der Waals surface area contributed by atoms with E-state index in [1.807, 2.05) is 0 Å². The molecule has 86 valence electrons. The summed E-state index contributed by atoms with van der Waals surface area (Å²) in [7, 11) is 1.66. The van der Waals surface area contributed by atoms with E-state index >= 15 is 0 Å². The van der Waals surface area contributed by atoms with Crippen LogP contribution in [0.1, 0.15) is 25.6 Å². The number of aromatic nitrogens is 2. The molecule has 0 bridgehead atoms. The van der Waals surface area contributed by atoms with Crippen molar-refractivity contribution < 1.29 is 9.26 Å². The molecule has 0 amide bonds. The molecule has 0 atom stereocenters. The molecule has 1 heterocycles. The van der Waals surface area contributed by atoms with Gasteiger partial charge in [0.15, 0.2) is 5.82 Å². The molecule has 0 unspecified atom stereocenters. The highest BCUT2D eigenvalue weighted by molar-refractivity contribution is 4.86. The fourth-order valence-electron chi connectivity index (χ4n) is 1.12. The van der Waals surface area contributed by atoms with Crippen molar-refractivity contribution in [3.8, 4) is 0 Å². The molecular weight excluding hydrogens is 194 g/mol. The van der Waals surface area contributed by atoms with Gasteiger partial charge >= 0.3 is 0 Å². The van der Waals surface area contributed by atoms with Crippen molar-refractivity contribution in [3.63, 3.8) is 0 Å². The third-order valence-electron chi connectivity index (χ3n) is 1.87. The summed E-state index contributed by atoms with van der Waals surface area (Å²) in [5.41, 5.74) is 0. The number of methoxy groups -OCH3 is 1. The van der Waals surface area contributed by atoms with E-state index < -0.39 is 0 Å². The van der Waals surface area contributed by atoms with Crippen LogP contribution in [0.2, 0.25) is 0 Å². The molecule has 0 saturated heterocycles. The molecule has 0 aliphatic carbocycles. The molecule has 1 rings (SSSR count). The molecule has 0 saturated carbocycles. The molecule has 0 spiro atoms. The monoisotopic (exact) mass is 213 g/mol. The molecule has 0 radical (unpaired) electrons. The Balaban J connectivity index is 2.26. The van der Waals surface area contributed by atoms with Crippen LogP contribution in [0, 0.1) is 5.92 Å². The van der Waals surface area contributed by atoms with Crippen LogP contribution in [0.3, 0.4) is 0 Å². The Bertz CT molecular complexity index is 273. The zero-order valence-corrected chi connectivity index (χ0v) is 9.62. The first kappa shape index (κ1) is 12.1. The van der Waals surface area contributed by atoms with Gasteiger partial charge in [-0.25, -0.2) is 0 Å². The fourth-order valence-corrected chi connectivity index (χ4v) is 1.12. The van der Waals surface area contributed by atoms with Gasteiger partial charge in [0.1, 0.15) is 0 Å². The molecule has 0 aliphatic rings. The highest BCUT2D eigenvalue weighted by Crippen LogP contribution is 1.98. The SMILES string of the molecule is COCCc1noc(CNCC(C)C)n1. The van der Waals surface area contributed by atoms with E-state index in [4.69, 9.17) is 9.26 Å². The van der Waals surface area contributed by atoms with Gasteiger partial charge in [-0.1, -0.05) is 19.0 Å². The maximum absolute atomic E-state index is 5.06. The molecule has 0 fully saturated rings. The van der Waals surface area contributed by atoms with Crippen LogP contribution in [0.4, 0.5) is 0 Å². The lowest BCUT2D eigenvalue weighted by molar-refractivity contribution is 0.199. The highest BCUT2D eigenvalue weighted by Gasteiger charge is 2.05. The third-order valence-corrected chi connectivity index (χ3v) is 1.87. The second kappa shape index (κ2) is 6.53. The summed E-state index contributed by atoms with van der Waals surface area (Å²) in [6.45, 7) is 6.53. The van der Waals surface area contributed by atoms with Crippen molar-refractivity contribution in [3.05, 3.63) is 11.7 Å². The minimum atomic E-state index is 0.623. The maximum atomic E-state index is 5.06. The number of hydrogen-bond donors (Lipinski definition) is 1. The van der Waals surface area contributed by atoms with Gasteiger partial charge in [-0.15, -0.1) is 0 Å². The Kier molecular flexibility index (Phi) is 5.28. The number of nitrogens with one attached hydrogen (secondary N) is 1. The summed E-state index contributed by atoms with van der Waals surface area (Å²) in [5.74, 6) is 1.97. The first-order valence-electron chi connectivity index (χ1n) is 5.23. The lowest BCUT2D eigenvalue weighted by atomic mass is 10.2. The summed E-state index contributed by atoms with van der Waals surface area (Å²) in [4.78, 5) is 4.22. The number of hydrogen-bond acceptors (Lipinski definition) is 5. The van der Waals surface area contributed by atoms with Crippen LogP contribution < -0.4 is 5.32 Å². The van der Waals surface area contributed by atoms with Gasteiger partial charge < -0.3 is 14.6 Å². The second-order valence-electron chi connectivity index (χ2n) is 3.87. The molecule has 1 aromatic rings. The predicted octanol–water partition coefficient (Wildman–Crippen LogP) is 1.00. The van der Waals surface area contributed by atoms with Crippen LogP contribution >= 0.6 is 0 Å². The van der Waals surface area contributed by atoms with Crippen molar-refractivity contribution in [2.75, 3.05) is 20.3 Å². The molecule has 5 heteroatoms. The summed E-state index contributed by atoms with van der Waals surface area (Å²) in [5, 5.41) is 7.09. The predicted molar refractivity (Wildman–Crippen MR) is 56.4 cm³/mol. The van der Waals surface area contributed by atoms with Crippen LogP contribution in [-0.4, -0.2) is 30.4 Å². The van der Waals surface area contributed by atoms with Gasteiger partial charge in [0.25, 0.3) is 0 Å². The van der Waals surface area contributed by atoms with Crippen LogP contribution in [0.15, 0.2) is 4.52 Å². The first-order valence-corrected chi connectivity index (χ1v) is 5.23. The lowest BCUT2D eigenvalue weighted by Crippen LogP contribution is -2.19. The zero-order valence-electron chi connectivity index (χ0n) is 9.62. The Morgan fingerprint density at radius 3 is 2.93 bits per heavy atom. The van der Waals surface area contributed by atoms with Gasteiger partial charge in [-0.3, -0.25) is 0 Å². The van der Waals surface area contributed by atoms with Crippen molar-refractivity contribution in [1.29, 1.82) is 0 Å². The second-order valence-corrected chi connectivity index (χ2v) is 3.87. The summed E-state index contributed by atoms with van der Waals surface area (Å²) < 4.78 is 9.99. The van der Waals surface area contributed by atoms with E-state index in [0.29, 0.717) is 37.2 Å². The zero-order chi connectivity index (χ0) is 11.1. The number of rotatable bonds is 7. The molecule has 1 aromatic heterocycles. The minimum absolute atomic E-state index is 0.623. The smallest absolute Gasteiger partial charge is 0.240 e. The summed E-state index contributed by atoms with van der Waals surface area (Å²) >= 11 is 0. The summed E-state index contributed by atoms with van der Waals surface area (Å²) in [6.07, 6.45) is 0.699. The van der Waals surface area contributed by atoms with Crippen LogP contribution in [0.25, 0.3) is 0 Å². The highest BCUT2D eigenvalue weighted by atomic mass is 16.5. The fraction of sp³-hybridized carbons (Fsp3) is 0.800. The molecular formula is C10H19N3O2. The van der Waals surface area contributed by atoms with E-state index in [9.17, 15) is 0 Å². The summed E-state index contributed by atoms with van der Waals surface area (Å²) in [6, 6.07) is 0. The van der Waals surface area contributed by atoms with E-state index in [1.54, 1.807) is 7.11 Å². The average molecular weight is 213 g/mol. The molecule has 1 N–H and O–H groups in total. The average Bonchev–Trinajstić information content (AvgIpc) is 2.62. The Morgan fingerprint density at radius 2 is 2.27 bits per heavy atom. The largest absolute Gasteiger partial charge is 0.384 e. The van der Waals surface area contributed by atoms with E-state index in [0.717, 1.165) is 6.54 Å². The number of ether oxygens (including phenoxy) is 1. The maximum Gasteiger partial charge on any atom is 0.240 e. The number of nitrogens with zero attached hydrogens (tertiary/aromatic N) is 2. The van der Waals surface area contributed by atoms with Gasteiger partial charge in [-0.05, 0) is 12.5 Å². The Morgan fingerprint density at radius 1 is 1.47 bits per heavy atom. The van der Waals surface area contributed by atoms with Crippen LogP contribution in [-0.2, 0) is 17.7 Å². The standard InChI is InChI=1S/C10H19N3O2/c1-8(2)6-11-7-10-12-9(13-15-10)4-5-14-3/h8,11H,4-7H2,1-3H3. The topological polar surface area (TPSA) is 60.2 Å². The Hall–Kier alpha value is -0.940. The van der Waals surface area contributed by atoms with Crippen LogP contribution in [0.5, 0.6) is 0 Å². The van der Waals surface area contributed by atoms with Gasteiger partial charge in [0.2, 0.25) is 5.89 Å². The normalized spacial score (nSPS) is 11.2. The van der Waals surface area contributed by atoms with Crippen molar-refractivity contribution >= 4 is 0 Å². The molecule has 0 aliphatic heterocycles. The van der Waals surface area contributed by atoms with Gasteiger partial charge in [0, 0.05) is 13.5 Å². The first-order chi connectivity index (χ1) is 7.22. The van der Waals surface area contributed by atoms with E-state index in [2.05, 4.69) is 29.3 Å². The quantitative estimate of drug-likeness (QED) is 0.732. The third kappa shape index (κ3) is 4.90. The molecule has 5 nitrogen and oxygen atoms in total. The van der Waals surface area contributed by atoms with Crippen molar-refractivity contribution in [1.82, 2.24) is 15.5 Å². The lowest BCUT2D eigenvalue weighted by Gasteiger charge is -2.03. The van der Waals surface area contributed by atoms with Gasteiger partial charge in [0.05, 0.1) is 13.2 Å². The van der Waals surface area contributed by atoms with Crippen molar-refractivity contribution in [2.24, 2.45) is 5.92 Å². The van der Waals surface area contributed by atoms with E-state index in [-0.39, 0.29) is 0 Å². The van der Waals surface area contributed by atoms with E-state index in [1.165, 1.54) is 0 Å². The molecule has 0 aromatic carbocycles. The Labute approximate surface area is 90.2 Å².